The summed E-state index contributed by atoms with van der Waals surface area (Å²) in [6, 6.07) is 1.90. The normalized spacial score (nSPS) is 9.69. The molecule has 1 heterocycles. The second kappa shape index (κ2) is 12.2. The third kappa shape index (κ3) is 8.48. The summed E-state index contributed by atoms with van der Waals surface area (Å²) in [4.78, 5) is 0. The average Bonchev–Trinajstić information content (AvgIpc) is 2.84. The van der Waals surface area contributed by atoms with Gasteiger partial charge in [0.05, 0.1) is 5.69 Å². The van der Waals surface area contributed by atoms with Crippen molar-refractivity contribution in [2.45, 2.75) is 52.9 Å². The van der Waals surface area contributed by atoms with Gasteiger partial charge >= 0.3 is 0 Å². The molecule has 1 aromatic heterocycles. The smallest absolute Gasteiger partial charge is 0.124 e. The fraction of sp³-hybridized carbons (Fsp3) is 0.769. The van der Waals surface area contributed by atoms with Crippen molar-refractivity contribution < 1.29 is 9.26 Å². The van der Waals surface area contributed by atoms with E-state index in [1.165, 1.54) is 19.3 Å². The van der Waals surface area contributed by atoms with Gasteiger partial charge in [-0.15, -0.1) is 0 Å². The summed E-state index contributed by atoms with van der Waals surface area (Å²) in [5, 5.41) is 3.83. The lowest BCUT2D eigenvalue weighted by Gasteiger charge is -2.01. The standard InChI is InChI=1S/C11H19NO2.C2H6/c1-2-3-4-8-13-9-5-6-11-7-10-14-12-11;1-2/h7,10H,2-6,8-9H2,1H3;1-2H3. The van der Waals surface area contributed by atoms with Crippen molar-refractivity contribution in [2.24, 2.45) is 0 Å². The molecular weight excluding hydrogens is 202 g/mol. The molecule has 0 atom stereocenters. The van der Waals surface area contributed by atoms with E-state index < -0.39 is 0 Å². The maximum absolute atomic E-state index is 5.48. The summed E-state index contributed by atoms with van der Waals surface area (Å²) in [6.07, 6.45) is 7.28. The van der Waals surface area contributed by atoms with Gasteiger partial charge < -0.3 is 9.26 Å². The molecule has 3 heteroatoms. The molecule has 0 radical (unpaired) electrons. The first-order chi connectivity index (χ1) is 7.93. The molecule has 0 aliphatic heterocycles. The SMILES string of the molecule is CC.CCCCCOCCCc1ccon1. The molecule has 0 aromatic carbocycles. The van der Waals surface area contributed by atoms with Gasteiger partial charge in [-0.2, -0.15) is 0 Å². The van der Waals surface area contributed by atoms with Gasteiger partial charge in [0.25, 0.3) is 0 Å². The first-order valence-corrected chi connectivity index (χ1v) is 6.40. The van der Waals surface area contributed by atoms with E-state index in [-0.39, 0.29) is 0 Å². The summed E-state index contributed by atoms with van der Waals surface area (Å²) < 4.78 is 10.2. The molecule has 0 saturated carbocycles. The minimum atomic E-state index is 0.830. The number of unbranched alkanes of at least 4 members (excludes halogenated alkanes) is 2. The van der Waals surface area contributed by atoms with Crippen LogP contribution in [0, 0.1) is 0 Å². The number of ether oxygens (including phenoxy) is 1. The van der Waals surface area contributed by atoms with E-state index in [0.717, 1.165) is 31.7 Å². The fourth-order valence-corrected chi connectivity index (χ4v) is 1.28. The molecule has 0 saturated heterocycles. The van der Waals surface area contributed by atoms with E-state index in [2.05, 4.69) is 12.1 Å². The quantitative estimate of drug-likeness (QED) is 0.633. The van der Waals surface area contributed by atoms with Gasteiger partial charge in [0.15, 0.2) is 0 Å². The Hall–Kier alpha value is -0.830. The van der Waals surface area contributed by atoms with E-state index in [4.69, 9.17) is 9.26 Å². The molecule has 0 aliphatic carbocycles. The summed E-state index contributed by atoms with van der Waals surface area (Å²) in [7, 11) is 0. The van der Waals surface area contributed by atoms with Crippen LogP contribution in [0.5, 0.6) is 0 Å². The Bertz CT molecular complexity index is 210. The first-order valence-electron chi connectivity index (χ1n) is 6.40. The third-order valence-corrected chi connectivity index (χ3v) is 2.11. The molecule has 3 nitrogen and oxygen atoms in total. The first kappa shape index (κ1) is 15.2. The zero-order valence-electron chi connectivity index (χ0n) is 10.9. The van der Waals surface area contributed by atoms with Crippen molar-refractivity contribution in [1.82, 2.24) is 5.16 Å². The monoisotopic (exact) mass is 227 g/mol. The van der Waals surface area contributed by atoms with Crippen LogP contribution in [0.25, 0.3) is 0 Å². The highest BCUT2D eigenvalue weighted by molar-refractivity contribution is 4.94. The highest BCUT2D eigenvalue weighted by Crippen LogP contribution is 2.00. The maximum atomic E-state index is 5.48. The molecule has 1 aromatic rings. The minimum absolute atomic E-state index is 0.830. The van der Waals surface area contributed by atoms with Crippen molar-refractivity contribution in [3.63, 3.8) is 0 Å². The van der Waals surface area contributed by atoms with Crippen LogP contribution in [0.3, 0.4) is 0 Å². The average molecular weight is 227 g/mol. The lowest BCUT2D eigenvalue weighted by Crippen LogP contribution is -1.98. The van der Waals surface area contributed by atoms with Crippen molar-refractivity contribution in [3.8, 4) is 0 Å². The van der Waals surface area contributed by atoms with Crippen molar-refractivity contribution in [3.05, 3.63) is 18.0 Å². The zero-order chi connectivity index (χ0) is 12.1. The van der Waals surface area contributed by atoms with Crippen LogP contribution in [0.4, 0.5) is 0 Å². The molecule has 1 rings (SSSR count). The molecule has 0 bridgehead atoms. The minimum Gasteiger partial charge on any atom is -0.381 e. The van der Waals surface area contributed by atoms with E-state index in [1.807, 2.05) is 19.9 Å². The summed E-state index contributed by atoms with van der Waals surface area (Å²) in [5.74, 6) is 0. The molecule has 0 spiro atoms. The van der Waals surface area contributed by atoms with Crippen LogP contribution in [-0.4, -0.2) is 18.4 Å². The number of aromatic nitrogens is 1. The van der Waals surface area contributed by atoms with Crippen LogP contribution >= 0.6 is 0 Å². The summed E-state index contributed by atoms with van der Waals surface area (Å²) in [6.45, 7) is 7.92. The molecule has 0 unspecified atom stereocenters. The molecule has 0 fully saturated rings. The fourth-order valence-electron chi connectivity index (χ4n) is 1.28. The third-order valence-electron chi connectivity index (χ3n) is 2.11. The number of aryl methyl sites for hydroxylation is 1. The molecule has 0 N–H and O–H groups in total. The van der Waals surface area contributed by atoms with Gasteiger partial charge in [0.1, 0.15) is 6.26 Å². The second-order valence-corrected chi connectivity index (χ2v) is 3.41. The van der Waals surface area contributed by atoms with Gasteiger partial charge in [-0.05, 0) is 19.3 Å². The van der Waals surface area contributed by atoms with Crippen molar-refractivity contribution in [2.75, 3.05) is 13.2 Å². The van der Waals surface area contributed by atoms with Gasteiger partial charge in [0.2, 0.25) is 0 Å². The lowest BCUT2D eigenvalue weighted by atomic mass is 10.2. The molecule has 0 amide bonds. The van der Waals surface area contributed by atoms with Crippen LogP contribution in [0.1, 0.15) is 52.1 Å². The number of rotatable bonds is 8. The predicted octanol–water partition coefficient (Wildman–Crippen LogP) is 3.84. The highest BCUT2D eigenvalue weighted by Gasteiger charge is 1.95. The predicted molar refractivity (Wildman–Crippen MR) is 66.5 cm³/mol. The Morgan fingerprint density at radius 1 is 1.19 bits per heavy atom. The summed E-state index contributed by atoms with van der Waals surface area (Å²) >= 11 is 0. The second-order valence-electron chi connectivity index (χ2n) is 3.41. The van der Waals surface area contributed by atoms with Gasteiger partial charge in [0, 0.05) is 19.3 Å². The van der Waals surface area contributed by atoms with Crippen LogP contribution < -0.4 is 0 Å². The number of hydrogen-bond acceptors (Lipinski definition) is 3. The molecule has 94 valence electrons. The van der Waals surface area contributed by atoms with Crippen LogP contribution in [-0.2, 0) is 11.2 Å². The largest absolute Gasteiger partial charge is 0.381 e. The van der Waals surface area contributed by atoms with E-state index in [1.54, 1.807) is 6.26 Å². The van der Waals surface area contributed by atoms with Gasteiger partial charge in [-0.3, -0.25) is 0 Å². The Morgan fingerprint density at radius 2 is 1.94 bits per heavy atom. The van der Waals surface area contributed by atoms with Crippen LogP contribution in [0.15, 0.2) is 16.9 Å². The Kier molecular flexibility index (Phi) is 11.6. The summed E-state index contributed by atoms with van der Waals surface area (Å²) in [5.41, 5.74) is 1.02. The Labute approximate surface area is 99.2 Å². The topological polar surface area (TPSA) is 35.3 Å². The van der Waals surface area contributed by atoms with E-state index in [0.29, 0.717) is 0 Å². The maximum Gasteiger partial charge on any atom is 0.124 e. The zero-order valence-corrected chi connectivity index (χ0v) is 10.9. The van der Waals surface area contributed by atoms with Crippen molar-refractivity contribution >= 4 is 0 Å². The Morgan fingerprint density at radius 3 is 2.56 bits per heavy atom. The van der Waals surface area contributed by atoms with Crippen molar-refractivity contribution in [1.29, 1.82) is 0 Å². The van der Waals surface area contributed by atoms with E-state index in [9.17, 15) is 0 Å². The molecule has 0 aliphatic rings. The Balaban J connectivity index is 0.00000106. The molecular formula is C13H25NO2. The van der Waals surface area contributed by atoms with Crippen LogP contribution in [0.2, 0.25) is 0 Å². The number of hydrogen-bond donors (Lipinski definition) is 0. The van der Waals surface area contributed by atoms with Gasteiger partial charge in [-0.1, -0.05) is 38.8 Å². The lowest BCUT2D eigenvalue weighted by molar-refractivity contribution is 0.128. The van der Waals surface area contributed by atoms with E-state index >= 15 is 0 Å². The highest BCUT2D eigenvalue weighted by atomic mass is 16.5. The number of nitrogens with zero attached hydrogens (tertiary/aromatic N) is 1. The van der Waals surface area contributed by atoms with Gasteiger partial charge in [-0.25, -0.2) is 0 Å². The molecule has 16 heavy (non-hydrogen) atoms.